The smallest absolute Gasteiger partial charge is 0.305 e. The molecule has 0 radical (unpaired) electrons. The first-order chi connectivity index (χ1) is 11.6. The van der Waals surface area contributed by atoms with Crippen LogP contribution in [0.2, 0.25) is 0 Å². The van der Waals surface area contributed by atoms with Crippen molar-refractivity contribution in [1.82, 2.24) is 0 Å². The summed E-state index contributed by atoms with van der Waals surface area (Å²) in [5.41, 5.74) is 0. The van der Waals surface area contributed by atoms with E-state index in [-0.39, 0.29) is 6.61 Å². The first kappa shape index (κ1) is 20.8. The summed E-state index contributed by atoms with van der Waals surface area (Å²) >= 11 is 0. The molecule has 5 atom stereocenters. The lowest BCUT2D eigenvalue weighted by molar-refractivity contribution is -0.301. The fourth-order valence-corrected chi connectivity index (χ4v) is 2.39. The number of ether oxygens (including phenoxy) is 6. The van der Waals surface area contributed by atoms with E-state index in [1.54, 1.807) is 0 Å². The molecule has 1 rings (SSSR count). The molecule has 1 fully saturated rings. The second kappa shape index (κ2) is 9.33. The Labute approximate surface area is 144 Å². The number of esters is 4. The molecule has 1 saturated heterocycles. The van der Waals surface area contributed by atoms with Crippen molar-refractivity contribution in [3.63, 3.8) is 0 Å². The summed E-state index contributed by atoms with van der Waals surface area (Å²) in [6, 6.07) is 0. The van der Waals surface area contributed by atoms with E-state index in [9.17, 15) is 19.2 Å². The maximum atomic E-state index is 11.4. The van der Waals surface area contributed by atoms with E-state index in [4.69, 9.17) is 28.4 Å². The minimum atomic E-state index is -1.32. The van der Waals surface area contributed by atoms with Gasteiger partial charge in [0, 0.05) is 34.8 Å². The third-order valence-electron chi connectivity index (χ3n) is 3.20. The molecule has 0 saturated carbocycles. The number of methoxy groups -OCH3 is 1. The van der Waals surface area contributed by atoms with Crippen LogP contribution in [0, 0.1) is 0 Å². The van der Waals surface area contributed by atoms with Crippen LogP contribution in [0.15, 0.2) is 0 Å². The molecular formula is C15H22O10. The number of hydrogen-bond donors (Lipinski definition) is 0. The molecule has 1 heterocycles. The summed E-state index contributed by atoms with van der Waals surface area (Å²) in [7, 11) is 1.30. The predicted octanol–water partition coefficient (Wildman–Crippen LogP) is -0.284. The largest absolute Gasteiger partial charge is 0.463 e. The van der Waals surface area contributed by atoms with E-state index in [2.05, 4.69) is 0 Å². The Bertz CT molecular complexity index is 516. The molecule has 10 nitrogen and oxygen atoms in total. The highest BCUT2D eigenvalue weighted by Gasteiger charge is 2.52. The van der Waals surface area contributed by atoms with Gasteiger partial charge in [0.1, 0.15) is 18.8 Å². The van der Waals surface area contributed by atoms with Gasteiger partial charge in [-0.15, -0.1) is 0 Å². The average molecular weight is 362 g/mol. The fourth-order valence-electron chi connectivity index (χ4n) is 2.39. The predicted molar refractivity (Wildman–Crippen MR) is 79.0 cm³/mol. The Hall–Kier alpha value is -2.20. The van der Waals surface area contributed by atoms with Gasteiger partial charge in [0.15, 0.2) is 12.2 Å². The SMILES string of the molecule is COC1C(OC(C)=O)C(COC(C)=O)OC(OC(C)=O)C1OC(C)=O. The van der Waals surface area contributed by atoms with Crippen LogP contribution in [-0.2, 0) is 47.6 Å². The quantitative estimate of drug-likeness (QED) is 0.460. The van der Waals surface area contributed by atoms with E-state index < -0.39 is 54.6 Å². The van der Waals surface area contributed by atoms with Crippen molar-refractivity contribution in [1.29, 1.82) is 0 Å². The Kier molecular flexibility index (Phi) is 7.78. The molecule has 1 aliphatic heterocycles. The molecule has 0 aromatic heterocycles. The van der Waals surface area contributed by atoms with E-state index in [1.165, 1.54) is 21.0 Å². The van der Waals surface area contributed by atoms with Crippen molar-refractivity contribution >= 4 is 23.9 Å². The van der Waals surface area contributed by atoms with Gasteiger partial charge in [0.05, 0.1) is 0 Å². The van der Waals surface area contributed by atoms with E-state index in [1.807, 2.05) is 0 Å². The third-order valence-corrected chi connectivity index (χ3v) is 3.20. The maximum Gasteiger partial charge on any atom is 0.305 e. The molecule has 0 bridgehead atoms. The zero-order valence-corrected chi connectivity index (χ0v) is 14.7. The Morgan fingerprint density at radius 1 is 0.760 bits per heavy atom. The van der Waals surface area contributed by atoms with Crippen LogP contribution >= 0.6 is 0 Å². The van der Waals surface area contributed by atoms with Crippen molar-refractivity contribution < 1.29 is 47.6 Å². The second-order valence-electron chi connectivity index (χ2n) is 5.30. The normalized spacial score (nSPS) is 28.6. The summed E-state index contributed by atoms with van der Waals surface area (Å²) in [6.07, 6.45) is -5.55. The van der Waals surface area contributed by atoms with Gasteiger partial charge in [-0.2, -0.15) is 0 Å². The monoisotopic (exact) mass is 362 g/mol. The average Bonchev–Trinajstić information content (AvgIpc) is 2.46. The zero-order valence-electron chi connectivity index (χ0n) is 14.7. The van der Waals surface area contributed by atoms with Gasteiger partial charge in [-0.25, -0.2) is 0 Å². The number of carbonyl (C=O) groups is 4. The molecule has 0 aromatic carbocycles. The van der Waals surface area contributed by atoms with Crippen molar-refractivity contribution in [2.75, 3.05) is 13.7 Å². The van der Waals surface area contributed by atoms with Gasteiger partial charge in [-0.1, -0.05) is 0 Å². The standard InChI is InChI=1S/C15H22O10/c1-7(16)21-6-11-12(22-8(2)17)13(20-5)14(23-9(3)18)15(25-11)24-10(4)19/h11-15H,6H2,1-5H3. The van der Waals surface area contributed by atoms with Crippen molar-refractivity contribution in [2.24, 2.45) is 0 Å². The second-order valence-corrected chi connectivity index (χ2v) is 5.30. The number of hydrogen-bond acceptors (Lipinski definition) is 10. The first-order valence-corrected chi connectivity index (χ1v) is 7.49. The Morgan fingerprint density at radius 2 is 1.28 bits per heavy atom. The summed E-state index contributed by atoms with van der Waals surface area (Å²) < 4.78 is 31.1. The van der Waals surface area contributed by atoms with Crippen molar-refractivity contribution in [3.8, 4) is 0 Å². The molecule has 10 heteroatoms. The van der Waals surface area contributed by atoms with Crippen LogP contribution < -0.4 is 0 Å². The highest BCUT2D eigenvalue weighted by atomic mass is 16.7. The zero-order chi connectivity index (χ0) is 19.1. The highest BCUT2D eigenvalue weighted by Crippen LogP contribution is 2.29. The molecule has 1 aliphatic rings. The van der Waals surface area contributed by atoms with Crippen molar-refractivity contribution in [3.05, 3.63) is 0 Å². The van der Waals surface area contributed by atoms with Gasteiger partial charge >= 0.3 is 23.9 Å². The molecule has 0 aliphatic carbocycles. The maximum absolute atomic E-state index is 11.4. The van der Waals surface area contributed by atoms with E-state index >= 15 is 0 Å². The van der Waals surface area contributed by atoms with Crippen LogP contribution in [0.3, 0.4) is 0 Å². The molecular weight excluding hydrogens is 340 g/mol. The minimum Gasteiger partial charge on any atom is -0.463 e. The lowest BCUT2D eigenvalue weighted by Crippen LogP contribution is -2.62. The third kappa shape index (κ3) is 6.31. The molecule has 142 valence electrons. The lowest BCUT2D eigenvalue weighted by atomic mass is 9.98. The highest BCUT2D eigenvalue weighted by molar-refractivity contribution is 5.68. The van der Waals surface area contributed by atoms with E-state index in [0.717, 1.165) is 13.8 Å². The molecule has 0 aromatic rings. The van der Waals surface area contributed by atoms with Gasteiger partial charge in [-0.3, -0.25) is 19.2 Å². The van der Waals surface area contributed by atoms with Crippen LogP contribution in [0.5, 0.6) is 0 Å². The minimum absolute atomic E-state index is 0.280. The number of rotatable bonds is 6. The fraction of sp³-hybridized carbons (Fsp3) is 0.733. The van der Waals surface area contributed by atoms with Gasteiger partial charge in [0.25, 0.3) is 0 Å². The van der Waals surface area contributed by atoms with Gasteiger partial charge in [0.2, 0.25) is 6.29 Å². The van der Waals surface area contributed by atoms with Crippen LogP contribution in [0.4, 0.5) is 0 Å². The summed E-state index contributed by atoms with van der Waals surface area (Å²) in [5.74, 6) is -2.58. The van der Waals surface area contributed by atoms with Crippen LogP contribution in [0.25, 0.3) is 0 Å². The van der Waals surface area contributed by atoms with E-state index in [0.29, 0.717) is 0 Å². The summed E-state index contributed by atoms with van der Waals surface area (Å²) in [4.78, 5) is 45.2. The Morgan fingerprint density at radius 3 is 1.72 bits per heavy atom. The first-order valence-electron chi connectivity index (χ1n) is 7.49. The van der Waals surface area contributed by atoms with Gasteiger partial charge in [-0.05, 0) is 0 Å². The summed E-state index contributed by atoms with van der Waals surface area (Å²) in [5, 5.41) is 0. The topological polar surface area (TPSA) is 124 Å². The van der Waals surface area contributed by atoms with Crippen LogP contribution in [0.1, 0.15) is 27.7 Å². The molecule has 5 unspecified atom stereocenters. The Balaban J connectivity index is 3.14. The molecule has 0 amide bonds. The molecule has 0 N–H and O–H groups in total. The van der Waals surface area contributed by atoms with Gasteiger partial charge < -0.3 is 28.4 Å². The number of carbonyl (C=O) groups excluding carboxylic acids is 4. The van der Waals surface area contributed by atoms with Crippen molar-refractivity contribution in [2.45, 2.75) is 58.4 Å². The lowest BCUT2D eigenvalue weighted by Gasteiger charge is -2.43. The molecule has 25 heavy (non-hydrogen) atoms. The summed E-state index contributed by atoms with van der Waals surface area (Å²) in [6.45, 7) is 4.40. The molecule has 0 spiro atoms. The van der Waals surface area contributed by atoms with Crippen LogP contribution in [-0.4, -0.2) is 68.3 Å².